The Balaban J connectivity index is 1.41. The van der Waals surface area contributed by atoms with Crippen LogP contribution in [0.1, 0.15) is 74.6 Å². The first kappa shape index (κ1) is 33.7. The molecule has 0 bridgehead atoms. The molecule has 4 aliphatic rings. The van der Waals surface area contributed by atoms with Crippen LogP contribution in [0.3, 0.4) is 0 Å². The molecular weight excluding hydrogens is 621 g/mol. The smallest absolute Gasteiger partial charge is 0.176 e. The molecule has 0 aliphatic carbocycles. The molecule has 4 aliphatic heterocycles. The van der Waals surface area contributed by atoms with Gasteiger partial charge in [-0.25, -0.2) is 16.8 Å². The molecule has 46 heavy (non-hydrogen) atoms. The average molecular weight is 671 g/mol. The molecule has 0 spiro atoms. The third kappa shape index (κ3) is 7.60. The molecule has 0 aromatic heterocycles. The summed E-state index contributed by atoms with van der Waals surface area (Å²) in [6, 6.07) is 13.3. The number of rotatable bonds is 12. The zero-order valence-electron chi connectivity index (χ0n) is 27.4. The van der Waals surface area contributed by atoms with Gasteiger partial charge in [0.2, 0.25) is 0 Å². The van der Waals surface area contributed by atoms with Gasteiger partial charge in [-0.05, 0) is 126 Å². The first-order chi connectivity index (χ1) is 22.0. The number of Topliss-reactive ketones (excluding diaryl/α,β-unsaturated/α-hetero) is 1. The van der Waals surface area contributed by atoms with Gasteiger partial charge in [0.1, 0.15) is 0 Å². The second-order valence-corrected chi connectivity index (χ2v) is 18.0. The SMILES string of the molecule is CS(=O)(=O)c1ccc([C@@H](C(=O)[C@H](c2ccc(S(C)(=O)=O)cc2)N2CCCC2CN2CCCC2)N2CCCC2CN2CCCC2)cc1. The lowest BCUT2D eigenvalue weighted by molar-refractivity contribution is -0.131. The van der Waals surface area contributed by atoms with Crippen molar-refractivity contribution in [3.05, 3.63) is 59.7 Å². The molecule has 0 N–H and O–H groups in total. The number of nitrogens with zero attached hydrogens (tertiary/aromatic N) is 4. The number of hydrogen-bond acceptors (Lipinski definition) is 9. The standard InChI is InChI=1S/C35H50N4O5S2/c1-45(41,42)31-15-11-27(12-16-31)33(38-23-7-9-29(38)25-36-19-3-4-20-36)35(40)34(28-13-17-32(18-14-28)46(2,43)44)39-24-8-10-30(39)26-37-21-5-6-22-37/h11-18,29-30,33-34H,3-10,19-26H2,1-2H3/t29?,30?,33-,34-/m0/s1. The van der Waals surface area contributed by atoms with Gasteiger partial charge in [-0.1, -0.05) is 24.3 Å². The van der Waals surface area contributed by atoms with Crippen LogP contribution in [0.2, 0.25) is 0 Å². The van der Waals surface area contributed by atoms with E-state index in [1.165, 1.54) is 38.2 Å². The molecule has 2 aromatic carbocycles. The topological polar surface area (TPSA) is 98.3 Å². The largest absolute Gasteiger partial charge is 0.302 e. The summed E-state index contributed by atoms with van der Waals surface area (Å²) in [4.78, 5) is 25.7. The van der Waals surface area contributed by atoms with Gasteiger partial charge in [0, 0.05) is 37.7 Å². The Labute approximate surface area is 275 Å². The Hall–Kier alpha value is -2.15. The van der Waals surface area contributed by atoms with Crippen LogP contribution < -0.4 is 0 Å². The van der Waals surface area contributed by atoms with E-state index in [0.29, 0.717) is 0 Å². The number of sulfone groups is 2. The van der Waals surface area contributed by atoms with Crippen LogP contribution in [-0.4, -0.2) is 119 Å². The summed E-state index contributed by atoms with van der Waals surface area (Å²) in [5.74, 6) is 0.0841. The van der Waals surface area contributed by atoms with E-state index >= 15 is 4.79 Å². The fraction of sp³-hybridized carbons (Fsp3) is 0.629. The van der Waals surface area contributed by atoms with Gasteiger partial charge in [-0.2, -0.15) is 0 Å². The first-order valence-electron chi connectivity index (χ1n) is 17.1. The van der Waals surface area contributed by atoms with Crippen LogP contribution in [0.5, 0.6) is 0 Å². The third-order valence-corrected chi connectivity index (χ3v) is 12.9. The predicted molar refractivity (Wildman–Crippen MR) is 180 cm³/mol. The zero-order chi connectivity index (χ0) is 32.5. The predicted octanol–water partition coefficient (Wildman–Crippen LogP) is 3.97. The van der Waals surface area contributed by atoms with E-state index in [2.05, 4.69) is 19.6 Å². The fourth-order valence-electron chi connectivity index (χ4n) is 8.30. The molecule has 252 valence electrons. The summed E-state index contributed by atoms with van der Waals surface area (Å²) in [5, 5.41) is 0. The van der Waals surface area contributed by atoms with Crippen LogP contribution in [0.15, 0.2) is 58.3 Å². The summed E-state index contributed by atoms with van der Waals surface area (Å²) < 4.78 is 49.4. The van der Waals surface area contributed by atoms with Gasteiger partial charge < -0.3 is 9.80 Å². The number of hydrogen-bond donors (Lipinski definition) is 0. The van der Waals surface area contributed by atoms with Gasteiger partial charge in [0.15, 0.2) is 25.5 Å². The highest BCUT2D eigenvalue weighted by molar-refractivity contribution is 7.91. The van der Waals surface area contributed by atoms with Crippen molar-refractivity contribution >= 4 is 25.5 Å². The zero-order valence-corrected chi connectivity index (χ0v) is 29.0. The van der Waals surface area contributed by atoms with Crippen molar-refractivity contribution in [3.63, 3.8) is 0 Å². The minimum Gasteiger partial charge on any atom is -0.302 e. The molecule has 11 heteroatoms. The Morgan fingerprint density at radius 1 is 0.587 bits per heavy atom. The van der Waals surface area contributed by atoms with Crippen LogP contribution in [0.4, 0.5) is 0 Å². The summed E-state index contributed by atoms with van der Waals surface area (Å²) in [5.41, 5.74) is 1.64. The molecule has 2 unspecified atom stereocenters. The summed E-state index contributed by atoms with van der Waals surface area (Å²) >= 11 is 0. The molecule has 4 saturated heterocycles. The quantitative estimate of drug-likeness (QED) is 0.333. The van der Waals surface area contributed by atoms with Crippen LogP contribution in [0.25, 0.3) is 0 Å². The minimum absolute atomic E-state index is 0.0841. The number of ketones is 1. The second-order valence-electron chi connectivity index (χ2n) is 14.0. The number of carbonyl (C=O) groups is 1. The molecular formula is C35H50N4O5S2. The van der Waals surface area contributed by atoms with Gasteiger partial charge in [0.25, 0.3) is 0 Å². The lowest BCUT2D eigenvalue weighted by Crippen LogP contribution is -2.49. The van der Waals surface area contributed by atoms with Crippen LogP contribution in [0, 0.1) is 0 Å². The molecule has 4 heterocycles. The highest BCUT2D eigenvalue weighted by Crippen LogP contribution is 2.40. The summed E-state index contributed by atoms with van der Waals surface area (Å²) in [7, 11) is -6.77. The molecule has 0 amide bonds. The minimum atomic E-state index is -3.39. The summed E-state index contributed by atoms with van der Waals surface area (Å²) in [6.45, 7) is 7.83. The van der Waals surface area contributed by atoms with Crippen molar-refractivity contribution in [3.8, 4) is 0 Å². The molecule has 2 aromatic rings. The van der Waals surface area contributed by atoms with Crippen molar-refractivity contribution in [2.45, 2.75) is 85.3 Å². The highest BCUT2D eigenvalue weighted by Gasteiger charge is 2.44. The Bertz CT molecular complexity index is 1450. The normalized spacial score (nSPS) is 25.3. The van der Waals surface area contributed by atoms with E-state index < -0.39 is 31.8 Å². The average Bonchev–Trinajstić information content (AvgIpc) is 3.85. The van der Waals surface area contributed by atoms with Crippen molar-refractivity contribution in [1.29, 1.82) is 0 Å². The van der Waals surface area contributed by atoms with Gasteiger partial charge in [-0.3, -0.25) is 14.6 Å². The first-order valence-corrected chi connectivity index (χ1v) is 20.9. The molecule has 4 atom stereocenters. The van der Waals surface area contributed by atoms with Gasteiger partial charge in [-0.15, -0.1) is 0 Å². The third-order valence-electron chi connectivity index (χ3n) is 10.6. The van der Waals surface area contributed by atoms with Gasteiger partial charge >= 0.3 is 0 Å². The maximum atomic E-state index is 15.4. The maximum Gasteiger partial charge on any atom is 0.176 e. The maximum absolute atomic E-state index is 15.4. The van der Waals surface area contributed by atoms with Crippen molar-refractivity contribution in [2.24, 2.45) is 0 Å². The Morgan fingerprint density at radius 2 is 0.935 bits per heavy atom. The molecule has 0 radical (unpaired) electrons. The second kappa shape index (κ2) is 14.1. The Morgan fingerprint density at radius 3 is 1.26 bits per heavy atom. The highest BCUT2D eigenvalue weighted by atomic mass is 32.2. The van der Waals surface area contributed by atoms with E-state index in [4.69, 9.17) is 0 Å². The van der Waals surface area contributed by atoms with E-state index in [1.807, 2.05) is 24.3 Å². The Kier molecular flexibility index (Phi) is 10.4. The monoisotopic (exact) mass is 670 g/mol. The number of likely N-dealkylation sites (tertiary alicyclic amines) is 4. The fourth-order valence-corrected chi connectivity index (χ4v) is 9.56. The van der Waals surface area contributed by atoms with E-state index in [-0.39, 0.29) is 27.7 Å². The number of carbonyl (C=O) groups excluding carboxylic acids is 1. The van der Waals surface area contributed by atoms with Crippen LogP contribution >= 0.6 is 0 Å². The van der Waals surface area contributed by atoms with Crippen molar-refractivity contribution in [1.82, 2.24) is 19.6 Å². The summed E-state index contributed by atoms with van der Waals surface area (Å²) in [6.07, 6.45) is 11.3. The van der Waals surface area contributed by atoms with Crippen LogP contribution in [-0.2, 0) is 24.5 Å². The van der Waals surface area contributed by atoms with Crippen molar-refractivity contribution < 1.29 is 21.6 Å². The van der Waals surface area contributed by atoms with Gasteiger partial charge in [0.05, 0.1) is 21.9 Å². The van der Waals surface area contributed by atoms with Crippen molar-refractivity contribution in [2.75, 3.05) is 64.9 Å². The number of benzene rings is 2. The van der Waals surface area contributed by atoms with E-state index in [1.54, 1.807) is 24.3 Å². The molecule has 6 rings (SSSR count). The van der Waals surface area contributed by atoms with E-state index in [0.717, 1.165) is 89.2 Å². The lowest BCUT2D eigenvalue weighted by atomic mass is 9.90. The molecule has 9 nitrogen and oxygen atoms in total. The van der Waals surface area contributed by atoms with E-state index in [9.17, 15) is 16.8 Å². The lowest BCUT2D eigenvalue weighted by Gasteiger charge is -2.40. The molecule has 4 fully saturated rings. The molecule has 0 saturated carbocycles.